The van der Waals surface area contributed by atoms with Gasteiger partial charge in [0.1, 0.15) is 18.3 Å². The second-order valence-corrected chi connectivity index (χ2v) is 10.5. The summed E-state index contributed by atoms with van der Waals surface area (Å²) < 4.78 is 57.2. The lowest BCUT2D eigenvalue weighted by Crippen LogP contribution is -2.39. The molecule has 2 rings (SSSR count). The first kappa shape index (κ1) is 27.0. The Kier molecular flexibility index (Phi) is 8.70. The van der Waals surface area contributed by atoms with Crippen LogP contribution >= 0.6 is 23.5 Å². The molecule has 0 amide bonds. The lowest BCUT2D eigenvalue weighted by Gasteiger charge is -2.21. The maximum absolute atomic E-state index is 12.0. The van der Waals surface area contributed by atoms with E-state index in [0.29, 0.717) is 0 Å². The van der Waals surface area contributed by atoms with Crippen molar-refractivity contribution < 1.29 is 61.0 Å². The molecule has 0 saturated carbocycles. The number of hydrogen-bond acceptors (Lipinski definition) is 11. The van der Waals surface area contributed by atoms with E-state index in [-0.39, 0.29) is 6.61 Å². The molecule has 0 aliphatic carbocycles. The monoisotopic (exact) mass is 524 g/mol. The van der Waals surface area contributed by atoms with Gasteiger partial charge in [0.15, 0.2) is 6.23 Å². The van der Waals surface area contributed by atoms with Gasteiger partial charge < -0.3 is 34.2 Å². The van der Waals surface area contributed by atoms with Crippen molar-refractivity contribution in [3.8, 4) is 0 Å². The number of H-pyrrole nitrogens is 1. The Morgan fingerprint density at radius 1 is 1.16 bits per heavy atom. The molecule has 1 aromatic heterocycles. The largest absolute Gasteiger partial charge is 0.490 e. The Morgan fingerprint density at radius 2 is 1.81 bits per heavy atom. The molecule has 32 heavy (non-hydrogen) atoms. The summed E-state index contributed by atoms with van der Waals surface area (Å²) >= 11 is 0. The average molecular weight is 524 g/mol. The first-order valence-electron chi connectivity index (χ1n) is 8.30. The molecule has 182 valence electrons. The van der Waals surface area contributed by atoms with Crippen molar-refractivity contribution in [3.63, 3.8) is 0 Å². The molecular formula is C12H19N2O15P3. The van der Waals surface area contributed by atoms with Gasteiger partial charge in [-0.15, -0.1) is 6.58 Å². The van der Waals surface area contributed by atoms with E-state index in [1.807, 2.05) is 4.98 Å². The summed E-state index contributed by atoms with van der Waals surface area (Å²) in [5, 5.41) is 10.5. The topological polar surface area (TPSA) is 253 Å². The first-order chi connectivity index (χ1) is 14.6. The van der Waals surface area contributed by atoms with E-state index in [2.05, 4.69) is 19.7 Å². The predicted molar refractivity (Wildman–Crippen MR) is 101 cm³/mol. The maximum atomic E-state index is 12.0. The average Bonchev–Trinajstić information content (AvgIpc) is 2.91. The number of nitrogens with zero attached hydrogens (tertiary/aromatic N) is 1. The van der Waals surface area contributed by atoms with Gasteiger partial charge in [0, 0.05) is 12.3 Å². The zero-order valence-electron chi connectivity index (χ0n) is 15.8. The van der Waals surface area contributed by atoms with Crippen molar-refractivity contribution >= 4 is 23.5 Å². The normalized spacial score (nSPS) is 27.5. The van der Waals surface area contributed by atoms with Crippen LogP contribution in [0.25, 0.3) is 0 Å². The molecule has 0 bridgehead atoms. The third kappa shape index (κ3) is 7.64. The van der Waals surface area contributed by atoms with Crippen LogP contribution in [0.4, 0.5) is 0 Å². The molecule has 2 unspecified atom stereocenters. The highest BCUT2D eigenvalue weighted by Gasteiger charge is 2.48. The SMILES string of the molecule is C=CCO[C@H]1[C@@H](O)[C@H](n2ccc(=O)[nH]c2=O)O[C@@H]1COP(=O)(O)OP(=O)(O)OP(=O)(O)O. The van der Waals surface area contributed by atoms with Crippen LogP contribution < -0.4 is 11.2 Å². The van der Waals surface area contributed by atoms with Gasteiger partial charge in [-0.2, -0.15) is 8.62 Å². The highest BCUT2D eigenvalue weighted by atomic mass is 31.3. The summed E-state index contributed by atoms with van der Waals surface area (Å²) in [6.07, 6.45) is -3.35. The van der Waals surface area contributed by atoms with E-state index in [1.165, 1.54) is 6.08 Å². The van der Waals surface area contributed by atoms with Gasteiger partial charge in [0.2, 0.25) is 0 Å². The Morgan fingerprint density at radius 3 is 2.38 bits per heavy atom. The van der Waals surface area contributed by atoms with E-state index >= 15 is 0 Å². The number of nitrogens with one attached hydrogen (secondary N) is 1. The molecule has 6 atom stereocenters. The van der Waals surface area contributed by atoms with Crippen LogP contribution in [0.1, 0.15) is 6.23 Å². The predicted octanol–water partition coefficient (Wildman–Crippen LogP) is -1.29. The number of ether oxygens (including phenoxy) is 2. The number of aromatic amines is 1. The molecule has 0 spiro atoms. The standard InChI is InChI=1S/C12H19N2O15P3/c1-2-5-25-10-7(6-26-31(21,22)29-32(23,24)28-30(18,19)20)27-11(9(10)16)14-4-3-8(15)13-12(14)17/h2-4,7,9-11,16H,1,5-6H2,(H,21,22)(H,23,24)(H,13,15,17)(H2,18,19,20)/t7-,9-,10-,11-/m1/s1. The van der Waals surface area contributed by atoms with Crippen molar-refractivity contribution in [2.75, 3.05) is 13.2 Å². The molecule has 17 nitrogen and oxygen atoms in total. The van der Waals surface area contributed by atoms with Gasteiger partial charge in [-0.05, 0) is 0 Å². The number of rotatable bonds is 11. The Balaban J connectivity index is 2.17. The molecular weight excluding hydrogens is 505 g/mol. The van der Waals surface area contributed by atoms with Crippen LogP contribution in [0.2, 0.25) is 0 Å². The molecule has 0 radical (unpaired) electrons. The fourth-order valence-electron chi connectivity index (χ4n) is 2.57. The van der Waals surface area contributed by atoms with Gasteiger partial charge in [0.05, 0.1) is 13.2 Å². The molecule has 1 fully saturated rings. The van der Waals surface area contributed by atoms with Crippen LogP contribution in [0, 0.1) is 0 Å². The van der Waals surface area contributed by atoms with Gasteiger partial charge >= 0.3 is 29.2 Å². The molecule has 1 aliphatic rings. The number of aliphatic hydroxyl groups excluding tert-OH is 1. The zero-order chi connectivity index (χ0) is 24.3. The molecule has 2 heterocycles. The lowest BCUT2D eigenvalue weighted by molar-refractivity contribution is -0.0580. The van der Waals surface area contributed by atoms with E-state index < -0.39 is 65.9 Å². The van der Waals surface area contributed by atoms with Crippen molar-refractivity contribution in [1.29, 1.82) is 0 Å². The summed E-state index contributed by atoms with van der Waals surface area (Å²) in [4.78, 5) is 60.9. The Bertz CT molecular complexity index is 1080. The number of aromatic nitrogens is 2. The summed E-state index contributed by atoms with van der Waals surface area (Å²) in [5.74, 6) is 0. The second-order valence-electron chi connectivity index (χ2n) is 6.05. The van der Waals surface area contributed by atoms with Gasteiger partial charge in [-0.25, -0.2) is 18.5 Å². The quantitative estimate of drug-likeness (QED) is 0.145. The summed E-state index contributed by atoms with van der Waals surface area (Å²) in [5.41, 5.74) is -1.67. The Hall–Kier alpha value is -1.29. The van der Waals surface area contributed by atoms with Crippen molar-refractivity contribution in [3.05, 3.63) is 45.8 Å². The fraction of sp³-hybridized carbons (Fsp3) is 0.500. The second kappa shape index (κ2) is 10.3. The van der Waals surface area contributed by atoms with Crippen LogP contribution in [0.15, 0.2) is 34.5 Å². The summed E-state index contributed by atoms with van der Waals surface area (Å²) in [6, 6.07) is 0.969. The third-order valence-corrected chi connectivity index (χ3v) is 7.46. The number of phosphoric acid groups is 3. The fourth-order valence-corrected chi connectivity index (χ4v) is 5.60. The smallest absolute Gasteiger partial charge is 0.386 e. The van der Waals surface area contributed by atoms with Gasteiger partial charge in [0.25, 0.3) is 5.56 Å². The first-order valence-corrected chi connectivity index (χ1v) is 12.8. The minimum absolute atomic E-state index is 0.135. The van der Waals surface area contributed by atoms with Gasteiger partial charge in [-0.3, -0.25) is 18.9 Å². The number of phosphoric ester groups is 1. The summed E-state index contributed by atoms with van der Waals surface area (Å²) in [6.45, 7) is 2.34. The van der Waals surface area contributed by atoms with E-state index in [0.717, 1.165) is 16.8 Å². The highest BCUT2D eigenvalue weighted by Crippen LogP contribution is 2.66. The minimum Gasteiger partial charge on any atom is -0.386 e. The molecule has 1 aromatic rings. The lowest BCUT2D eigenvalue weighted by atomic mass is 10.1. The molecule has 1 aliphatic heterocycles. The van der Waals surface area contributed by atoms with Crippen LogP contribution in [-0.2, 0) is 36.3 Å². The highest BCUT2D eigenvalue weighted by molar-refractivity contribution is 7.66. The van der Waals surface area contributed by atoms with Gasteiger partial charge in [-0.1, -0.05) is 6.08 Å². The molecule has 1 saturated heterocycles. The van der Waals surface area contributed by atoms with E-state index in [9.17, 15) is 33.3 Å². The molecule has 6 N–H and O–H groups in total. The minimum atomic E-state index is -5.73. The van der Waals surface area contributed by atoms with Crippen LogP contribution in [0.5, 0.6) is 0 Å². The molecule has 0 aromatic carbocycles. The van der Waals surface area contributed by atoms with E-state index in [4.69, 9.17) is 24.2 Å². The van der Waals surface area contributed by atoms with Crippen LogP contribution in [0.3, 0.4) is 0 Å². The maximum Gasteiger partial charge on any atom is 0.490 e. The third-order valence-electron chi connectivity index (χ3n) is 3.66. The number of aliphatic hydroxyl groups is 1. The van der Waals surface area contributed by atoms with E-state index in [1.54, 1.807) is 0 Å². The molecule has 20 heteroatoms. The number of hydrogen-bond donors (Lipinski definition) is 6. The zero-order valence-corrected chi connectivity index (χ0v) is 18.5. The van der Waals surface area contributed by atoms with Crippen LogP contribution in [-0.4, -0.2) is 65.8 Å². The van der Waals surface area contributed by atoms with Crippen molar-refractivity contribution in [2.45, 2.75) is 24.5 Å². The summed E-state index contributed by atoms with van der Waals surface area (Å²) in [7, 11) is -16.8. The van der Waals surface area contributed by atoms with Crippen molar-refractivity contribution in [1.82, 2.24) is 9.55 Å². The van der Waals surface area contributed by atoms with Crippen molar-refractivity contribution in [2.24, 2.45) is 0 Å². The Labute approximate surface area is 178 Å².